The molecule has 1 saturated carbocycles. The molecular formula is C21H27F3N2O5. The lowest BCUT2D eigenvalue weighted by molar-refractivity contribution is -0.185. The van der Waals surface area contributed by atoms with Gasteiger partial charge in [-0.25, -0.2) is 9.78 Å². The van der Waals surface area contributed by atoms with Gasteiger partial charge in [0.1, 0.15) is 6.61 Å². The van der Waals surface area contributed by atoms with Crippen LogP contribution in [-0.4, -0.2) is 64.9 Å². The fourth-order valence-corrected chi connectivity index (χ4v) is 4.27. The number of halogens is 3. The molecule has 1 saturated heterocycles. The van der Waals surface area contributed by atoms with E-state index < -0.39 is 36.1 Å². The maximum atomic E-state index is 13.0. The number of ether oxygens (including phenoxy) is 2. The number of carbonyl (C=O) groups is 2. The minimum Gasteiger partial charge on any atom is -0.489 e. The summed E-state index contributed by atoms with van der Waals surface area (Å²) in [4.78, 5) is 30.5. The number of esters is 1. The van der Waals surface area contributed by atoms with Crippen LogP contribution in [0.1, 0.15) is 49.5 Å². The molecule has 7 nitrogen and oxygen atoms in total. The van der Waals surface area contributed by atoms with Gasteiger partial charge in [-0.05, 0) is 51.2 Å². The van der Waals surface area contributed by atoms with Crippen LogP contribution >= 0.6 is 0 Å². The van der Waals surface area contributed by atoms with Crippen molar-refractivity contribution in [2.75, 3.05) is 19.8 Å². The summed E-state index contributed by atoms with van der Waals surface area (Å²) in [5.41, 5.74) is 0.0197. The molecule has 1 aliphatic carbocycles. The number of aromatic nitrogens is 1. The Morgan fingerprint density at radius 1 is 1.26 bits per heavy atom. The van der Waals surface area contributed by atoms with Crippen molar-refractivity contribution in [3.05, 3.63) is 24.0 Å². The first-order valence-corrected chi connectivity index (χ1v) is 10.5. The largest absolute Gasteiger partial charge is 0.489 e. The number of hydrogen-bond acceptors (Lipinski definition) is 6. The quantitative estimate of drug-likeness (QED) is 0.679. The molecule has 1 aromatic rings. The highest BCUT2D eigenvalue weighted by Crippen LogP contribution is 2.40. The van der Waals surface area contributed by atoms with E-state index in [9.17, 15) is 27.9 Å². The van der Waals surface area contributed by atoms with Crippen LogP contribution in [-0.2, 0) is 9.53 Å². The van der Waals surface area contributed by atoms with E-state index in [1.807, 2.05) is 0 Å². The number of likely N-dealkylation sites (tertiary alicyclic amines) is 1. The van der Waals surface area contributed by atoms with Crippen LogP contribution in [0, 0.1) is 11.8 Å². The summed E-state index contributed by atoms with van der Waals surface area (Å²) in [6.07, 6.45) is -3.00. The molecule has 0 unspecified atom stereocenters. The van der Waals surface area contributed by atoms with Crippen LogP contribution in [0.15, 0.2) is 18.3 Å². The molecular weight excluding hydrogens is 417 g/mol. The van der Waals surface area contributed by atoms with Crippen LogP contribution in [0.25, 0.3) is 0 Å². The van der Waals surface area contributed by atoms with Gasteiger partial charge in [-0.2, -0.15) is 13.2 Å². The third-order valence-corrected chi connectivity index (χ3v) is 5.89. The van der Waals surface area contributed by atoms with E-state index in [2.05, 4.69) is 4.98 Å². The number of amides is 1. The number of aliphatic hydroxyl groups excluding tert-OH is 1. The van der Waals surface area contributed by atoms with Gasteiger partial charge >= 0.3 is 12.1 Å². The molecule has 2 fully saturated rings. The second kappa shape index (κ2) is 9.84. The number of aliphatic hydroxyl groups is 1. The monoisotopic (exact) mass is 444 g/mol. The molecule has 2 heterocycles. The van der Waals surface area contributed by atoms with Gasteiger partial charge in [0.2, 0.25) is 5.91 Å². The van der Waals surface area contributed by atoms with Crippen molar-refractivity contribution < 1.29 is 37.3 Å². The topological polar surface area (TPSA) is 89.0 Å². The van der Waals surface area contributed by atoms with Crippen LogP contribution in [0.5, 0.6) is 5.75 Å². The first-order valence-electron chi connectivity index (χ1n) is 10.5. The molecule has 10 heteroatoms. The molecule has 172 valence electrons. The molecule has 0 bridgehead atoms. The number of nitrogens with zero attached hydrogens (tertiary/aromatic N) is 2. The lowest BCUT2D eigenvalue weighted by Gasteiger charge is -2.33. The molecule has 2 aliphatic rings. The van der Waals surface area contributed by atoms with Crippen molar-refractivity contribution in [1.82, 2.24) is 9.88 Å². The van der Waals surface area contributed by atoms with Crippen LogP contribution in [0.2, 0.25) is 0 Å². The molecule has 1 N–H and O–H groups in total. The number of alkyl halides is 3. The Bertz CT molecular complexity index is 781. The van der Waals surface area contributed by atoms with E-state index in [0.29, 0.717) is 6.42 Å². The average molecular weight is 444 g/mol. The first kappa shape index (κ1) is 23.3. The smallest absolute Gasteiger partial charge is 0.391 e. The molecule has 1 amide bonds. The molecule has 0 radical (unpaired) electrons. The Morgan fingerprint density at radius 3 is 2.61 bits per heavy atom. The summed E-state index contributed by atoms with van der Waals surface area (Å²) in [6.45, 7) is 2.00. The van der Waals surface area contributed by atoms with Gasteiger partial charge in [-0.3, -0.25) is 4.79 Å². The average Bonchev–Trinajstić information content (AvgIpc) is 3.12. The van der Waals surface area contributed by atoms with Crippen LogP contribution in [0.3, 0.4) is 0 Å². The second-order valence-corrected chi connectivity index (χ2v) is 8.01. The minimum atomic E-state index is -4.23. The van der Waals surface area contributed by atoms with E-state index in [0.717, 1.165) is 0 Å². The first-order chi connectivity index (χ1) is 14.7. The zero-order chi connectivity index (χ0) is 22.6. The SMILES string of the molecule is CCOC(=O)c1ncccc1OC[C@H]1C[C@H](O)CN1C(=O)[C@H]1CC[C@H](C(F)(F)F)CC1. The summed E-state index contributed by atoms with van der Waals surface area (Å²) in [7, 11) is 0. The summed E-state index contributed by atoms with van der Waals surface area (Å²) in [6, 6.07) is 2.72. The zero-order valence-electron chi connectivity index (χ0n) is 17.3. The predicted octanol–water partition coefficient (Wildman–Crippen LogP) is 2.97. The third-order valence-electron chi connectivity index (χ3n) is 5.89. The van der Waals surface area contributed by atoms with Crippen molar-refractivity contribution in [3.8, 4) is 5.75 Å². The molecule has 1 aromatic heterocycles. The number of pyridine rings is 1. The highest BCUT2D eigenvalue weighted by atomic mass is 19.4. The number of β-amino-alcohol motifs (C(OH)–C–C–N with tert-alkyl or cyclic N) is 1. The van der Waals surface area contributed by atoms with Crippen molar-refractivity contribution in [2.45, 2.75) is 57.3 Å². The maximum absolute atomic E-state index is 13.0. The van der Waals surface area contributed by atoms with Gasteiger partial charge in [-0.1, -0.05) is 0 Å². The maximum Gasteiger partial charge on any atom is 0.391 e. The molecule has 31 heavy (non-hydrogen) atoms. The summed E-state index contributed by atoms with van der Waals surface area (Å²) in [5, 5.41) is 10.1. The van der Waals surface area contributed by atoms with E-state index in [-0.39, 0.29) is 62.8 Å². The predicted molar refractivity (Wildman–Crippen MR) is 103 cm³/mol. The Hall–Kier alpha value is -2.36. The standard InChI is InChI=1S/C21H27F3N2O5/c1-2-30-20(29)18-17(4-3-9-25-18)31-12-15-10-16(27)11-26(15)19(28)13-5-7-14(8-6-13)21(22,23)24/h3-4,9,13-16,27H,2,5-8,10-12H2,1H3/t13-,14-,15-,16+/m1/s1. The van der Waals surface area contributed by atoms with Gasteiger partial charge in [0, 0.05) is 18.7 Å². The Labute approximate surface area is 178 Å². The molecule has 1 aliphatic heterocycles. The minimum absolute atomic E-state index is 0.0197. The van der Waals surface area contributed by atoms with Gasteiger partial charge in [-0.15, -0.1) is 0 Å². The van der Waals surface area contributed by atoms with E-state index in [4.69, 9.17) is 9.47 Å². The molecule has 3 rings (SSSR count). The van der Waals surface area contributed by atoms with E-state index >= 15 is 0 Å². The number of rotatable bonds is 6. The Balaban J connectivity index is 1.62. The normalized spacial score (nSPS) is 26.5. The highest BCUT2D eigenvalue weighted by molar-refractivity contribution is 5.90. The Morgan fingerprint density at radius 2 is 1.97 bits per heavy atom. The lowest BCUT2D eigenvalue weighted by Crippen LogP contribution is -2.44. The van der Waals surface area contributed by atoms with Gasteiger partial charge in [0.05, 0.1) is 24.7 Å². The van der Waals surface area contributed by atoms with E-state index in [1.165, 1.54) is 11.1 Å². The van der Waals surface area contributed by atoms with E-state index in [1.54, 1.807) is 19.1 Å². The molecule has 2 atom stereocenters. The van der Waals surface area contributed by atoms with Gasteiger partial charge in [0.25, 0.3) is 0 Å². The van der Waals surface area contributed by atoms with Crippen LogP contribution < -0.4 is 4.74 Å². The fourth-order valence-electron chi connectivity index (χ4n) is 4.27. The van der Waals surface area contributed by atoms with Crippen molar-refractivity contribution in [1.29, 1.82) is 0 Å². The zero-order valence-corrected chi connectivity index (χ0v) is 17.3. The number of carbonyl (C=O) groups excluding carboxylic acids is 2. The number of hydrogen-bond donors (Lipinski definition) is 1. The van der Waals surface area contributed by atoms with Gasteiger partial charge in [0.15, 0.2) is 11.4 Å². The van der Waals surface area contributed by atoms with Crippen molar-refractivity contribution in [2.24, 2.45) is 11.8 Å². The lowest BCUT2D eigenvalue weighted by atomic mass is 9.81. The fraction of sp³-hybridized carbons (Fsp3) is 0.667. The summed E-state index contributed by atoms with van der Waals surface area (Å²) >= 11 is 0. The molecule has 0 spiro atoms. The third kappa shape index (κ3) is 5.66. The summed E-state index contributed by atoms with van der Waals surface area (Å²) in [5.74, 6) is -2.51. The highest BCUT2D eigenvalue weighted by Gasteiger charge is 2.44. The summed E-state index contributed by atoms with van der Waals surface area (Å²) < 4.78 is 49.4. The van der Waals surface area contributed by atoms with Crippen LogP contribution in [0.4, 0.5) is 13.2 Å². The van der Waals surface area contributed by atoms with Crippen molar-refractivity contribution >= 4 is 11.9 Å². The van der Waals surface area contributed by atoms with Gasteiger partial charge < -0.3 is 19.5 Å². The second-order valence-electron chi connectivity index (χ2n) is 8.01. The molecule has 0 aromatic carbocycles. The van der Waals surface area contributed by atoms with Crippen molar-refractivity contribution in [3.63, 3.8) is 0 Å². The Kier molecular flexibility index (Phi) is 7.40.